The predicted molar refractivity (Wildman–Crippen MR) is 116 cm³/mol. The maximum atomic E-state index is 12.9. The van der Waals surface area contributed by atoms with Crippen molar-refractivity contribution >= 4 is 46.0 Å². The molecular weight excluding hydrogens is 422 g/mol. The number of halogens is 1. The zero-order valence-electron chi connectivity index (χ0n) is 16.5. The van der Waals surface area contributed by atoms with Crippen LogP contribution in [0.1, 0.15) is 26.4 Å². The third-order valence-corrected chi connectivity index (χ3v) is 5.76. The van der Waals surface area contributed by atoms with Gasteiger partial charge in [-0.15, -0.1) is 0 Å². The molecular formula is C22H20ClN3O5. The predicted octanol–water partition coefficient (Wildman–Crippen LogP) is 3.11. The Labute approximate surface area is 182 Å². The summed E-state index contributed by atoms with van der Waals surface area (Å²) in [4.78, 5) is 42.3. The molecule has 0 radical (unpaired) electrons. The fourth-order valence-corrected chi connectivity index (χ4v) is 4.05. The minimum atomic E-state index is -1.12. The summed E-state index contributed by atoms with van der Waals surface area (Å²) in [5, 5.41) is 19.7. The zero-order valence-corrected chi connectivity index (χ0v) is 17.2. The number of rotatable bonds is 5. The Morgan fingerprint density at radius 3 is 2.23 bits per heavy atom. The third kappa shape index (κ3) is 4.20. The standard InChI is InChI=1S/C22H20ClN3O5/c23-14-3-6-18-16(11-14)17(20(24-18)22(30)31)12-19(27)26-9-7-25(8-10-26)15-4-1-13(2-5-15)21(28)29/h1-6,11,24H,7-10,12H2,(H,28,29)(H,30,31). The molecule has 160 valence electrons. The maximum Gasteiger partial charge on any atom is 0.352 e. The van der Waals surface area contributed by atoms with Gasteiger partial charge in [-0.3, -0.25) is 4.79 Å². The second kappa shape index (κ2) is 8.31. The van der Waals surface area contributed by atoms with Crippen LogP contribution in [0.4, 0.5) is 5.69 Å². The molecule has 1 aliphatic heterocycles. The van der Waals surface area contributed by atoms with Crippen LogP contribution in [0.3, 0.4) is 0 Å². The lowest BCUT2D eigenvalue weighted by atomic mass is 10.1. The van der Waals surface area contributed by atoms with Crippen molar-refractivity contribution in [1.82, 2.24) is 9.88 Å². The zero-order chi connectivity index (χ0) is 22.1. The first-order valence-electron chi connectivity index (χ1n) is 9.73. The molecule has 2 aromatic carbocycles. The van der Waals surface area contributed by atoms with Crippen molar-refractivity contribution in [2.45, 2.75) is 6.42 Å². The molecule has 8 nitrogen and oxygen atoms in total. The van der Waals surface area contributed by atoms with Gasteiger partial charge in [-0.05, 0) is 42.5 Å². The topological polar surface area (TPSA) is 114 Å². The molecule has 1 aromatic heterocycles. The molecule has 2 heterocycles. The number of nitrogens with zero attached hydrogens (tertiary/aromatic N) is 2. The summed E-state index contributed by atoms with van der Waals surface area (Å²) in [5.41, 5.74) is 2.19. The van der Waals surface area contributed by atoms with E-state index in [1.54, 1.807) is 47.4 Å². The first-order chi connectivity index (χ1) is 14.8. The average molecular weight is 442 g/mol. The van der Waals surface area contributed by atoms with Gasteiger partial charge in [-0.2, -0.15) is 0 Å². The van der Waals surface area contributed by atoms with Crippen LogP contribution in [-0.4, -0.2) is 64.1 Å². The van der Waals surface area contributed by atoms with Gasteiger partial charge < -0.3 is 25.0 Å². The SMILES string of the molecule is O=C(O)c1ccc(N2CCN(C(=O)Cc3c(C(=O)O)[nH]c4ccc(Cl)cc34)CC2)cc1. The number of hydrogen-bond donors (Lipinski definition) is 3. The third-order valence-electron chi connectivity index (χ3n) is 5.52. The van der Waals surface area contributed by atoms with E-state index in [1.165, 1.54) is 0 Å². The van der Waals surface area contributed by atoms with Crippen LogP contribution in [0.5, 0.6) is 0 Å². The summed E-state index contributed by atoms with van der Waals surface area (Å²) in [6.07, 6.45) is -0.0325. The van der Waals surface area contributed by atoms with E-state index in [1.807, 2.05) is 0 Å². The second-order valence-corrected chi connectivity index (χ2v) is 7.81. The number of aromatic carboxylic acids is 2. The normalized spacial score (nSPS) is 14.1. The molecule has 0 aliphatic carbocycles. The van der Waals surface area contributed by atoms with Gasteiger partial charge in [0.1, 0.15) is 5.69 Å². The van der Waals surface area contributed by atoms with Gasteiger partial charge in [0.05, 0.1) is 12.0 Å². The van der Waals surface area contributed by atoms with Crippen LogP contribution >= 0.6 is 11.6 Å². The lowest BCUT2D eigenvalue weighted by Crippen LogP contribution is -2.49. The molecule has 31 heavy (non-hydrogen) atoms. The second-order valence-electron chi connectivity index (χ2n) is 7.37. The van der Waals surface area contributed by atoms with Gasteiger partial charge in [0.15, 0.2) is 0 Å². The maximum absolute atomic E-state index is 12.9. The van der Waals surface area contributed by atoms with Crippen LogP contribution in [0.25, 0.3) is 10.9 Å². The number of aromatic amines is 1. The van der Waals surface area contributed by atoms with Crippen LogP contribution < -0.4 is 4.90 Å². The first-order valence-corrected chi connectivity index (χ1v) is 10.1. The van der Waals surface area contributed by atoms with E-state index in [4.69, 9.17) is 16.7 Å². The van der Waals surface area contributed by atoms with Crippen molar-refractivity contribution in [1.29, 1.82) is 0 Å². The number of piperazine rings is 1. The van der Waals surface area contributed by atoms with Gasteiger partial charge in [0, 0.05) is 53.4 Å². The van der Waals surface area contributed by atoms with Crippen LogP contribution in [0, 0.1) is 0 Å². The molecule has 1 fully saturated rings. The number of fused-ring (bicyclic) bond motifs is 1. The molecule has 1 saturated heterocycles. The number of nitrogens with one attached hydrogen (secondary N) is 1. The van der Waals surface area contributed by atoms with Gasteiger partial charge in [0.2, 0.25) is 5.91 Å². The summed E-state index contributed by atoms with van der Waals surface area (Å²) in [6, 6.07) is 11.7. The van der Waals surface area contributed by atoms with E-state index in [9.17, 15) is 19.5 Å². The fourth-order valence-electron chi connectivity index (χ4n) is 3.88. The number of amides is 1. The van der Waals surface area contributed by atoms with Crippen molar-refractivity contribution in [3.8, 4) is 0 Å². The molecule has 0 bridgehead atoms. The first kappa shape index (κ1) is 20.7. The fraction of sp³-hybridized carbons (Fsp3) is 0.227. The number of hydrogen-bond acceptors (Lipinski definition) is 4. The quantitative estimate of drug-likeness (QED) is 0.560. The highest BCUT2D eigenvalue weighted by Crippen LogP contribution is 2.27. The lowest BCUT2D eigenvalue weighted by molar-refractivity contribution is -0.130. The number of benzene rings is 2. The highest BCUT2D eigenvalue weighted by Gasteiger charge is 2.25. The van der Waals surface area contributed by atoms with Crippen LogP contribution in [-0.2, 0) is 11.2 Å². The Balaban J connectivity index is 1.46. The van der Waals surface area contributed by atoms with E-state index in [0.717, 1.165) is 5.69 Å². The van der Waals surface area contributed by atoms with Crippen molar-refractivity contribution in [2.75, 3.05) is 31.1 Å². The summed E-state index contributed by atoms with van der Waals surface area (Å²) in [5.74, 6) is -2.24. The van der Waals surface area contributed by atoms with E-state index < -0.39 is 11.9 Å². The van der Waals surface area contributed by atoms with E-state index in [2.05, 4.69) is 9.88 Å². The number of carbonyl (C=O) groups excluding carboxylic acids is 1. The number of carboxylic acid groups (broad SMARTS) is 2. The van der Waals surface area contributed by atoms with Gasteiger partial charge >= 0.3 is 11.9 Å². The molecule has 0 atom stereocenters. The molecule has 0 saturated carbocycles. The van der Waals surface area contributed by atoms with Crippen LogP contribution in [0.2, 0.25) is 5.02 Å². The van der Waals surface area contributed by atoms with Crippen molar-refractivity contribution in [3.63, 3.8) is 0 Å². The number of aromatic nitrogens is 1. The lowest BCUT2D eigenvalue weighted by Gasteiger charge is -2.36. The molecule has 1 aliphatic rings. The molecule has 3 aromatic rings. The minimum Gasteiger partial charge on any atom is -0.478 e. The number of H-pyrrole nitrogens is 1. The molecule has 1 amide bonds. The molecule has 4 rings (SSSR count). The number of carboxylic acids is 2. The average Bonchev–Trinajstić information content (AvgIpc) is 3.11. The summed E-state index contributed by atoms with van der Waals surface area (Å²) in [7, 11) is 0. The van der Waals surface area contributed by atoms with Gasteiger partial charge in [-0.25, -0.2) is 9.59 Å². The summed E-state index contributed by atoms with van der Waals surface area (Å²) in [6.45, 7) is 2.18. The van der Waals surface area contributed by atoms with Crippen molar-refractivity contribution < 1.29 is 24.6 Å². The Hall–Kier alpha value is -3.52. The highest BCUT2D eigenvalue weighted by molar-refractivity contribution is 6.31. The number of carbonyl (C=O) groups is 3. The summed E-state index contributed by atoms with van der Waals surface area (Å²) >= 11 is 6.07. The van der Waals surface area contributed by atoms with Crippen molar-refractivity contribution in [3.05, 3.63) is 64.3 Å². The van der Waals surface area contributed by atoms with Crippen molar-refractivity contribution in [2.24, 2.45) is 0 Å². The molecule has 3 N–H and O–H groups in total. The van der Waals surface area contributed by atoms with Gasteiger partial charge in [-0.1, -0.05) is 11.6 Å². The Kier molecular flexibility index (Phi) is 5.56. The molecule has 0 unspecified atom stereocenters. The Morgan fingerprint density at radius 1 is 0.935 bits per heavy atom. The molecule has 0 spiro atoms. The van der Waals surface area contributed by atoms with Gasteiger partial charge in [0.25, 0.3) is 0 Å². The Morgan fingerprint density at radius 2 is 1.61 bits per heavy atom. The minimum absolute atomic E-state index is 0.00257. The Bertz CT molecular complexity index is 1160. The highest BCUT2D eigenvalue weighted by atomic mass is 35.5. The smallest absolute Gasteiger partial charge is 0.352 e. The largest absolute Gasteiger partial charge is 0.478 e. The molecule has 9 heteroatoms. The summed E-state index contributed by atoms with van der Waals surface area (Å²) < 4.78 is 0. The van der Waals surface area contributed by atoms with E-state index in [-0.39, 0.29) is 23.6 Å². The number of anilines is 1. The van der Waals surface area contributed by atoms with E-state index >= 15 is 0 Å². The van der Waals surface area contributed by atoms with E-state index in [0.29, 0.717) is 47.7 Å². The monoisotopic (exact) mass is 441 g/mol. The van der Waals surface area contributed by atoms with Crippen LogP contribution in [0.15, 0.2) is 42.5 Å².